The fourth-order valence-electron chi connectivity index (χ4n) is 7.85. The van der Waals surface area contributed by atoms with Crippen LogP contribution in [0.4, 0.5) is 0 Å². The molecule has 0 spiro atoms. The lowest BCUT2D eigenvalue weighted by atomic mass is 9.44. The Kier molecular flexibility index (Phi) is 4.96. The number of Topliss-reactive ketones (excluding diaryl/α,β-unsaturated/α-hetero) is 2. The molecule has 156 valence electrons. The number of ether oxygens (including phenoxy) is 1. The molecule has 1 N–H and O–H groups in total. The molecule has 4 rings (SSSR count). The number of rotatable bonds is 3. The first-order chi connectivity index (χ1) is 13.2. The average Bonchev–Trinajstić information content (AvgIpc) is 2.96. The average molecular weight is 391 g/mol. The number of fused-ring (bicyclic) bond motifs is 5. The third kappa shape index (κ3) is 2.96. The molecule has 0 saturated heterocycles. The highest BCUT2D eigenvalue weighted by Crippen LogP contribution is 2.66. The number of carbonyl (C=O) groups excluding carboxylic acids is 3. The Labute approximate surface area is 167 Å². The Balaban J connectivity index is 1.58. The van der Waals surface area contributed by atoms with Crippen LogP contribution < -0.4 is 0 Å². The van der Waals surface area contributed by atoms with Crippen LogP contribution in [0.15, 0.2) is 0 Å². The van der Waals surface area contributed by atoms with Crippen LogP contribution in [0.2, 0.25) is 0 Å². The summed E-state index contributed by atoms with van der Waals surface area (Å²) in [6.45, 7) is 5.58. The predicted molar refractivity (Wildman–Crippen MR) is 103 cm³/mol. The molecule has 0 aliphatic heterocycles. The van der Waals surface area contributed by atoms with Crippen molar-refractivity contribution in [2.24, 2.45) is 40.4 Å². The van der Waals surface area contributed by atoms with Crippen LogP contribution in [0.5, 0.6) is 0 Å². The van der Waals surface area contributed by atoms with Gasteiger partial charge in [0.15, 0.2) is 5.78 Å². The van der Waals surface area contributed by atoms with Crippen molar-refractivity contribution in [1.29, 1.82) is 0 Å². The van der Waals surface area contributed by atoms with Crippen molar-refractivity contribution in [3.63, 3.8) is 0 Å². The van der Waals surface area contributed by atoms with E-state index in [1.54, 1.807) is 0 Å². The lowest BCUT2D eigenvalue weighted by Crippen LogP contribution is -2.58. The highest BCUT2D eigenvalue weighted by atomic mass is 16.5. The Bertz CT molecular complexity index is 686. The molecule has 0 unspecified atom stereocenters. The number of esters is 1. The zero-order valence-electron chi connectivity index (χ0n) is 17.4. The van der Waals surface area contributed by atoms with Crippen molar-refractivity contribution in [3.05, 3.63) is 0 Å². The largest absolute Gasteiger partial charge is 0.458 e. The lowest BCUT2D eigenvalue weighted by molar-refractivity contribution is -0.163. The zero-order chi connectivity index (χ0) is 20.3. The Morgan fingerprint density at radius 3 is 2.57 bits per heavy atom. The molecule has 0 aromatic rings. The number of carbonyl (C=O) groups is 3. The van der Waals surface area contributed by atoms with E-state index in [4.69, 9.17) is 4.74 Å². The first-order valence-electron chi connectivity index (χ1n) is 11.0. The molecule has 4 saturated carbocycles. The molecule has 8 atom stereocenters. The monoisotopic (exact) mass is 390 g/mol. The van der Waals surface area contributed by atoms with Crippen LogP contribution in [0.1, 0.15) is 72.1 Å². The molecule has 28 heavy (non-hydrogen) atoms. The molecular formula is C23H34O5. The molecule has 0 aromatic carbocycles. The van der Waals surface area contributed by atoms with E-state index in [2.05, 4.69) is 13.8 Å². The smallest absolute Gasteiger partial charge is 0.303 e. The van der Waals surface area contributed by atoms with E-state index in [-0.39, 0.29) is 41.2 Å². The maximum atomic E-state index is 13.5. The molecule has 5 heteroatoms. The molecule has 4 aliphatic rings. The Morgan fingerprint density at radius 2 is 1.86 bits per heavy atom. The third-order valence-corrected chi connectivity index (χ3v) is 9.13. The Hall–Kier alpha value is -1.23. The summed E-state index contributed by atoms with van der Waals surface area (Å²) in [6, 6.07) is 0. The van der Waals surface area contributed by atoms with Crippen molar-refractivity contribution in [2.45, 2.75) is 78.2 Å². The quantitative estimate of drug-likeness (QED) is 0.748. The van der Waals surface area contributed by atoms with Gasteiger partial charge in [-0.2, -0.15) is 0 Å². The number of aliphatic hydroxyl groups excluding tert-OH is 1. The van der Waals surface area contributed by atoms with Gasteiger partial charge in [-0.15, -0.1) is 0 Å². The Morgan fingerprint density at radius 1 is 1.11 bits per heavy atom. The van der Waals surface area contributed by atoms with Gasteiger partial charge in [-0.05, 0) is 73.5 Å². The van der Waals surface area contributed by atoms with Gasteiger partial charge in [-0.1, -0.05) is 13.8 Å². The molecule has 0 heterocycles. The van der Waals surface area contributed by atoms with Crippen LogP contribution in [0.3, 0.4) is 0 Å². The zero-order valence-corrected chi connectivity index (χ0v) is 17.4. The SMILES string of the molecule is CC(=O)OCC(=O)[C@@H]1CC[C@H]2[C@@H]3CC[C@H]4C[C@@H](O)CC[C@]4(C)[C@H]3C(=O)C[C@@]12C. The van der Waals surface area contributed by atoms with Crippen molar-refractivity contribution in [2.75, 3.05) is 6.61 Å². The van der Waals surface area contributed by atoms with Gasteiger partial charge in [-0.3, -0.25) is 14.4 Å². The van der Waals surface area contributed by atoms with Gasteiger partial charge in [0.1, 0.15) is 12.4 Å². The highest BCUT2D eigenvalue weighted by molar-refractivity contribution is 5.89. The highest BCUT2D eigenvalue weighted by Gasteiger charge is 2.64. The summed E-state index contributed by atoms with van der Waals surface area (Å²) >= 11 is 0. The van der Waals surface area contributed by atoms with Gasteiger partial charge in [0.05, 0.1) is 6.10 Å². The number of ketones is 2. The fourth-order valence-corrected chi connectivity index (χ4v) is 7.85. The molecule has 0 aromatic heterocycles. The molecule has 4 fully saturated rings. The number of hydrogen-bond acceptors (Lipinski definition) is 5. The second-order valence-electron chi connectivity index (χ2n) is 10.5. The fraction of sp³-hybridized carbons (Fsp3) is 0.870. The van der Waals surface area contributed by atoms with E-state index < -0.39 is 5.97 Å². The second kappa shape index (κ2) is 6.93. The molecule has 0 radical (unpaired) electrons. The lowest BCUT2D eigenvalue weighted by Gasteiger charge is -2.59. The van der Waals surface area contributed by atoms with Crippen LogP contribution in [-0.4, -0.2) is 35.4 Å². The topological polar surface area (TPSA) is 80.7 Å². The van der Waals surface area contributed by atoms with E-state index in [1.165, 1.54) is 6.92 Å². The summed E-state index contributed by atoms with van der Waals surface area (Å²) in [6.07, 6.45) is 6.74. The second-order valence-corrected chi connectivity index (χ2v) is 10.5. The maximum absolute atomic E-state index is 13.5. The van der Waals surface area contributed by atoms with E-state index in [1.807, 2.05) is 0 Å². The summed E-state index contributed by atoms with van der Waals surface area (Å²) in [5.41, 5.74) is -0.298. The van der Waals surface area contributed by atoms with Gasteiger partial charge < -0.3 is 9.84 Å². The minimum Gasteiger partial charge on any atom is -0.458 e. The van der Waals surface area contributed by atoms with Crippen molar-refractivity contribution >= 4 is 17.5 Å². The first-order valence-corrected chi connectivity index (χ1v) is 11.0. The summed E-state index contributed by atoms with van der Waals surface area (Å²) in [5.74, 6) is 0.971. The standard InChI is InChI=1S/C23H34O5/c1-13(24)28-12-20(27)18-7-6-17-16-5-4-14-10-15(25)8-9-22(14,2)21(16)19(26)11-23(17,18)3/h14-18,21,25H,4-12H2,1-3H3/t14-,15-,16-,17-,18-,21+,22-,23+/m0/s1. The molecule has 4 aliphatic carbocycles. The van der Waals surface area contributed by atoms with Crippen LogP contribution >= 0.6 is 0 Å². The predicted octanol–water partition coefficient (Wildman–Crippen LogP) is 3.32. The maximum Gasteiger partial charge on any atom is 0.303 e. The molecule has 0 bridgehead atoms. The van der Waals surface area contributed by atoms with Crippen molar-refractivity contribution < 1.29 is 24.2 Å². The summed E-state index contributed by atoms with van der Waals surface area (Å²) in [4.78, 5) is 37.4. The van der Waals surface area contributed by atoms with E-state index in [0.717, 1.165) is 44.9 Å². The summed E-state index contributed by atoms with van der Waals surface area (Å²) in [5, 5.41) is 10.1. The summed E-state index contributed by atoms with van der Waals surface area (Å²) < 4.78 is 4.97. The van der Waals surface area contributed by atoms with Gasteiger partial charge in [-0.25, -0.2) is 0 Å². The van der Waals surface area contributed by atoms with Crippen molar-refractivity contribution in [3.8, 4) is 0 Å². The molecular weight excluding hydrogens is 356 g/mol. The minimum atomic E-state index is -0.432. The van der Waals surface area contributed by atoms with Crippen LogP contribution in [-0.2, 0) is 19.1 Å². The van der Waals surface area contributed by atoms with Crippen molar-refractivity contribution in [1.82, 2.24) is 0 Å². The number of hydrogen-bond donors (Lipinski definition) is 1. The van der Waals surface area contributed by atoms with Gasteiger partial charge in [0.25, 0.3) is 0 Å². The third-order valence-electron chi connectivity index (χ3n) is 9.13. The molecule has 0 amide bonds. The van der Waals surface area contributed by atoms with Gasteiger partial charge in [0, 0.05) is 25.2 Å². The van der Waals surface area contributed by atoms with E-state index in [0.29, 0.717) is 30.0 Å². The number of aliphatic hydroxyl groups is 1. The van der Waals surface area contributed by atoms with Crippen LogP contribution in [0, 0.1) is 40.4 Å². The van der Waals surface area contributed by atoms with E-state index >= 15 is 0 Å². The van der Waals surface area contributed by atoms with Gasteiger partial charge in [0.2, 0.25) is 0 Å². The van der Waals surface area contributed by atoms with E-state index in [9.17, 15) is 19.5 Å². The first kappa shape index (κ1) is 20.1. The minimum absolute atomic E-state index is 0.000393. The molecule has 5 nitrogen and oxygen atoms in total. The van der Waals surface area contributed by atoms with Gasteiger partial charge >= 0.3 is 5.97 Å². The van der Waals surface area contributed by atoms with Crippen LogP contribution in [0.25, 0.3) is 0 Å². The normalized spacial score (nSPS) is 47.6. The summed E-state index contributed by atoms with van der Waals surface area (Å²) in [7, 11) is 0.